The van der Waals surface area contributed by atoms with Crippen molar-refractivity contribution in [2.75, 3.05) is 23.7 Å². The van der Waals surface area contributed by atoms with Gasteiger partial charge in [0.25, 0.3) is 0 Å². The third-order valence-electron chi connectivity index (χ3n) is 2.56. The van der Waals surface area contributed by atoms with E-state index in [-0.39, 0.29) is 6.54 Å². The Morgan fingerprint density at radius 2 is 1.87 bits per heavy atom. The van der Waals surface area contributed by atoms with E-state index in [9.17, 15) is 13.2 Å². The molecule has 1 saturated heterocycles. The third-order valence-corrected chi connectivity index (χ3v) is 2.56. The van der Waals surface area contributed by atoms with Crippen molar-refractivity contribution in [1.29, 1.82) is 0 Å². The molecule has 1 aliphatic rings. The van der Waals surface area contributed by atoms with Crippen molar-refractivity contribution in [2.24, 2.45) is 0 Å². The highest BCUT2D eigenvalue weighted by molar-refractivity contribution is 5.55. The van der Waals surface area contributed by atoms with Gasteiger partial charge < -0.3 is 10.6 Å². The van der Waals surface area contributed by atoms with Crippen molar-refractivity contribution in [3.05, 3.63) is 23.8 Å². The summed E-state index contributed by atoms with van der Waals surface area (Å²) in [7, 11) is 0. The normalized spacial score (nSPS) is 21.0. The Kier molecular flexibility index (Phi) is 2.46. The van der Waals surface area contributed by atoms with Gasteiger partial charge in [0.2, 0.25) is 0 Å². The van der Waals surface area contributed by atoms with E-state index in [1.54, 1.807) is 4.90 Å². The topological polar surface area (TPSA) is 29.3 Å². The molecule has 5 heteroatoms. The predicted molar refractivity (Wildman–Crippen MR) is 52.5 cm³/mol. The molecular weight excluding hydrogens is 205 g/mol. The van der Waals surface area contributed by atoms with Crippen LogP contribution >= 0.6 is 0 Å². The van der Waals surface area contributed by atoms with Crippen LogP contribution in [0.2, 0.25) is 0 Å². The summed E-state index contributed by atoms with van der Waals surface area (Å²) in [6.45, 7) is 0.659. The summed E-state index contributed by atoms with van der Waals surface area (Å²) < 4.78 is 39.1. The SMILES string of the molecule is Nc1c(F)cc(N2CC[C@H](F)C2)cc1F. The van der Waals surface area contributed by atoms with E-state index in [0.717, 1.165) is 12.1 Å². The molecule has 15 heavy (non-hydrogen) atoms. The Labute approximate surface area is 85.5 Å². The Balaban J connectivity index is 2.29. The van der Waals surface area contributed by atoms with Gasteiger partial charge in [-0.2, -0.15) is 0 Å². The minimum Gasteiger partial charge on any atom is -0.394 e. The van der Waals surface area contributed by atoms with Crippen LogP contribution in [0.3, 0.4) is 0 Å². The summed E-state index contributed by atoms with van der Waals surface area (Å²) in [5.41, 5.74) is 4.99. The number of hydrogen-bond acceptors (Lipinski definition) is 2. The first-order valence-electron chi connectivity index (χ1n) is 4.71. The number of nitrogens with two attached hydrogens (primary N) is 1. The molecule has 2 N–H and O–H groups in total. The fourth-order valence-corrected chi connectivity index (χ4v) is 1.71. The van der Waals surface area contributed by atoms with Gasteiger partial charge in [0.05, 0.1) is 0 Å². The molecule has 0 amide bonds. The average Bonchev–Trinajstić information content (AvgIpc) is 2.60. The molecule has 1 aliphatic heterocycles. The molecule has 0 spiro atoms. The van der Waals surface area contributed by atoms with Crippen LogP contribution in [0.4, 0.5) is 24.5 Å². The fourth-order valence-electron chi connectivity index (χ4n) is 1.71. The van der Waals surface area contributed by atoms with Gasteiger partial charge in [-0.3, -0.25) is 0 Å². The second kappa shape index (κ2) is 3.64. The zero-order valence-electron chi connectivity index (χ0n) is 8.01. The Morgan fingerprint density at radius 3 is 2.33 bits per heavy atom. The van der Waals surface area contributed by atoms with E-state index < -0.39 is 23.5 Å². The molecule has 1 heterocycles. The molecule has 0 aromatic heterocycles. The third kappa shape index (κ3) is 1.86. The lowest BCUT2D eigenvalue weighted by atomic mass is 10.2. The zero-order valence-corrected chi connectivity index (χ0v) is 8.01. The van der Waals surface area contributed by atoms with Crippen LogP contribution < -0.4 is 10.6 Å². The lowest BCUT2D eigenvalue weighted by Gasteiger charge is -2.18. The van der Waals surface area contributed by atoms with E-state index in [0.29, 0.717) is 18.7 Å². The van der Waals surface area contributed by atoms with E-state index in [2.05, 4.69) is 0 Å². The lowest BCUT2D eigenvalue weighted by molar-refractivity contribution is 0.364. The molecule has 0 unspecified atom stereocenters. The van der Waals surface area contributed by atoms with Crippen molar-refractivity contribution in [3.63, 3.8) is 0 Å². The van der Waals surface area contributed by atoms with E-state index >= 15 is 0 Å². The van der Waals surface area contributed by atoms with Gasteiger partial charge in [-0.15, -0.1) is 0 Å². The van der Waals surface area contributed by atoms with Crippen LogP contribution in [0.15, 0.2) is 12.1 Å². The monoisotopic (exact) mass is 216 g/mol. The second-order valence-electron chi connectivity index (χ2n) is 3.66. The molecule has 1 aromatic carbocycles. The molecule has 82 valence electrons. The number of rotatable bonds is 1. The van der Waals surface area contributed by atoms with Crippen molar-refractivity contribution in [2.45, 2.75) is 12.6 Å². The van der Waals surface area contributed by atoms with Gasteiger partial charge in [0.15, 0.2) is 11.6 Å². The van der Waals surface area contributed by atoms with Gasteiger partial charge in [0.1, 0.15) is 11.9 Å². The number of halogens is 3. The number of alkyl halides is 1. The Morgan fingerprint density at radius 1 is 1.27 bits per heavy atom. The first-order valence-corrected chi connectivity index (χ1v) is 4.71. The van der Waals surface area contributed by atoms with E-state index in [1.807, 2.05) is 0 Å². The van der Waals surface area contributed by atoms with Crippen LogP contribution in [0.1, 0.15) is 6.42 Å². The molecule has 1 aromatic rings. The summed E-state index contributed by atoms with van der Waals surface area (Å²) in [4.78, 5) is 1.61. The molecule has 0 saturated carbocycles. The fraction of sp³-hybridized carbons (Fsp3) is 0.400. The first kappa shape index (κ1) is 10.1. The number of nitrogen functional groups attached to an aromatic ring is 1. The Bertz CT molecular complexity index is 358. The predicted octanol–water partition coefficient (Wildman–Crippen LogP) is 2.10. The molecule has 0 bridgehead atoms. The highest BCUT2D eigenvalue weighted by atomic mass is 19.1. The molecule has 0 radical (unpaired) electrons. The number of benzene rings is 1. The van der Waals surface area contributed by atoms with Gasteiger partial charge in [-0.05, 0) is 18.6 Å². The summed E-state index contributed by atoms with van der Waals surface area (Å²) >= 11 is 0. The summed E-state index contributed by atoms with van der Waals surface area (Å²) in [5.74, 6) is -1.60. The number of nitrogens with zero attached hydrogens (tertiary/aromatic N) is 1. The van der Waals surface area contributed by atoms with Crippen LogP contribution in [0.25, 0.3) is 0 Å². The largest absolute Gasteiger partial charge is 0.394 e. The lowest BCUT2D eigenvalue weighted by Crippen LogP contribution is -2.20. The van der Waals surface area contributed by atoms with Crippen LogP contribution in [0, 0.1) is 11.6 Å². The molecule has 2 rings (SSSR count). The molecule has 0 aliphatic carbocycles. The summed E-state index contributed by atoms with van der Waals surface area (Å²) in [6, 6.07) is 2.27. The second-order valence-corrected chi connectivity index (χ2v) is 3.66. The number of anilines is 2. The van der Waals surface area contributed by atoms with Crippen LogP contribution in [-0.4, -0.2) is 19.3 Å². The van der Waals surface area contributed by atoms with Crippen molar-refractivity contribution >= 4 is 11.4 Å². The first-order chi connectivity index (χ1) is 7.08. The van der Waals surface area contributed by atoms with E-state index in [1.165, 1.54) is 0 Å². The molecule has 1 fully saturated rings. The average molecular weight is 216 g/mol. The van der Waals surface area contributed by atoms with Crippen LogP contribution in [-0.2, 0) is 0 Å². The van der Waals surface area contributed by atoms with Crippen molar-refractivity contribution < 1.29 is 13.2 Å². The van der Waals surface area contributed by atoms with E-state index in [4.69, 9.17) is 5.73 Å². The minimum atomic E-state index is -0.923. The maximum Gasteiger partial charge on any atom is 0.151 e. The van der Waals surface area contributed by atoms with Gasteiger partial charge in [-0.25, -0.2) is 13.2 Å². The summed E-state index contributed by atoms with van der Waals surface area (Å²) in [5, 5.41) is 0. The molecule has 2 nitrogen and oxygen atoms in total. The summed E-state index contributed by atoms with van der Waals surface area (Å²) in [6.07, 6.45) is -0.526. The highest BCUT2D eigenvalue weighted by Crippen LogP contribution is 2.26. The maximum absolute atomic E-state index is 13.1. The standard InChI is InChI=1S/C10H11F3N2/c11-6-1-2-15(5-6)7-3-8(12)10(14)9(13)4-7/h3-4,6H,1-2,5,14H2/t6-/m0/s1. The number of hydrogen-bond donors (Lipinski definition) is 1. The van der Waals surface area contributed by atoms with Gasteiger partial charge in [-0.1, -0.05) is 0 Å². The minimum absolute atomic E-state index is 0.183. The highest BCUT2D eigenvalue weighted by Gasteiger charge is 2.23. The van der Waals surface area contributed by atoms with Gasteiger partial charge >= 0.3 is 0 Å². The molecular formula is C10H11F3N2. The molecule has 1 atom stereocenters. The Hall–Kier alpha value is -1.39. The smallest absolute Gasteiger partial charge is 0.151 e. The maximum atomic E-state index is 13.1. The zero-order chi connectivity index (χ0) is 11.0. The van der Waals surface area contributed by atoms with Gasteiger partial charge in [0, 0.05) is 18.8 Å². The van der Waals surface area contributed by atoms with Crippen LogP contribution in [0.5, 0.6) is 0 Å². The van der Waals surface area contributed by atoms with Crippen molar-refractivity contribution in [1.82, 2.24) is 0 Å². The van der Waals surface area contributed by atoms with Crippen molar-refractivity contribution in [3.8, 4) is 0 Å². The quantitative estimate of drug-likeness (QED) is 0.728.